The van der Waals surface area contributed by atoms with Gasteiger partial charge >= 0.3 is 6.36 Å². The number of halogens is 3. The summed E-state index contributed by atoms with van der Waals surface area (Å²) in [5, 5.41) is 4.06. The predicted octanol–water partition coefficient (Wildman–Crippen LogP) is 2.86. The highest BCUT2D eigenvalue weighted by molar-refractivity contribution is 7.89. The molecule has 0 fully saturated rings. The third-order valence-corrected chi connectivity index (χ3v) is 5.18. The van der Waals surface area contributed by atoms with E-state index in [9.17, 15) is 21.6 Å². The molecule has 3 aromatic rings. The van der Waals surface area contributed by atoms with Crippen LogP contribution in [0.3, 0.4) is 0 Å². The molecule has 0 radical (unpaired) electrons. The van der Waals surface area contributed by atoms with Crippen molar-refractivity contribution in [3.8, 4) is 17.0 Å². The van der Waals surface area contributed by atoms with Crippen LogP contribution in [0.2, 0.25) is 0 Å². The van der Waals surface area contributed by atoms with Gasteiger partial charge in [-0.1, -0.05) is 12.1 Å². The number of sulfonamides is 1. The van der Waals surface area contributed by atoms with Gasteiger partial charge in [0.1, 0.15) is 10.6 Å². The maximum atomic E-state index is 12.5. The lowest BCUT2D eigenvalue weighted by molar-refractivity contribution is -0.275. The van der Waals surface area contributed by atoms with Crippen molar-refractivity contribution in [2.75, 3.05) is 0 Å². The first-order valence-electron chi connectivity index (χ1n) is 7.92. The van der Waals surface area contributed by atoms with Gasteiger partial charge in [0.2, 0.25) is 10.0 Å². The first-order chi connectivity index (χ1) is 13.2. The Labute approximate surface area is 158 Å². The second-order valence-electron chi connectivity index (χ2n) is 5.74. The first-order valence-corrected chi connectivity index (χ1v) is 9.41. The summed E-state index contributed by atoms with van der Waals surface area (Å²) < 4.78 is 70.2. The van der Waals surface area contributed by atoms with E-state index in [4.69, 9.17) is 0 Å². The SMILES string of the molecule is Cn1nccc1-c1cncc(CNS(=O)(=O)c2ccccc2OC(F)(F)F)c1. The van der Waals surface area contributed by atoms with E-state index in [0.29, 0.717) is 5.56 Å². The standard InChI is InChI=1S/C17H15F3N4O3S/c1-24-14(6-7-22-24)13-8-12(9-21-11-13)10-23-28(25,26)16-5-3-2-4-15(16)27-17(18,19)20/h2-9,11,23H,10H2,1H3. The van der Waals surface area contributed by atoms with Crippen molar-refractivity contribution in [1.29, 1.82) is 0 Å². The highest BCUT2D eigenvalue weighted by Crippen LogP contribution is 2.29. The number of pyridine rings is 1. The molecule has 0 bridgehead atoms. The second-order valence-corrected chi connectivity index (χ2v) is 7.48. The normalized spacial score (nSPS) is 12.1. The van der Waals surface area contributed by atoms with E-state index in [0.717, 1.165) is 23.4 Å². The number of para-hydroxylation sites is 1. The number of hydrogen-bond acceptors (Lipinski definition) is 5. The molecule has 0 saturated heterocycles. The maximum Gasteiger partial charge on any atom is 0.573 e. The third-order valence-electron chi connectivity index (χ3n) is 3.74. The van der Waals surface area contributed by atoms with Crippen LogP contribution in [0.1, 0.15) is 5.56 Å². The van der Waals surface area contributed by atoms with Crippen molar-refractivity contribution >= 4 is 10.0 Å². The van der Waals surface area contributed by atoms with Crippen molar-refractivity contribution in [2.24, 2.45) is 7.05 Å². The first kappa shape index (κ1) is 19.8. The minimum atomic E-state index is -5.01. The summed E-state index contributed by atoms with van der Waals surface area (Å²) >= 11 is 0. The molecule has 1 N–H and O–H groups in total. The second kappa shape index (κ2) is 7.60. The molecule has 0 saturated carbocycles. The van der Waals surface area contributed by atoms with Gasteiger partial charge in [0.05, 0.1) is 5.69 Å². The number of ether oxygens (including phenoxy) is 1. The summed E-state index contributed by atoms with van der Waals surface area (Å²) in [4.78, 5) is 3.46. The molecule has 28 heavy (non-hydrogen) atoms. The molecule has 3 rings (SSSR count). The number of hydrogen-bond donors (Lipinski definition) is 1. The van der Waals surface area contributed by atoms with Crippen LogP contribution in [0.25, 0.3) is 11.3 Å². The summed E-state index contributed by atoms with van der Waals surface area (Å²) in [6.45, 7) is -0.165. The number of rotatable bonds is 6. The Hall–Kier alpha value is -2.92. The Balaban J connectivity index is 1.81. The van der Waals surface area contributed by atoms with Gasteiger partial charge < -0.3 is 4.74 Å². The molecule has 0 aliphatic heterocycles. The van der Waals surface area contributed by atoms with Crippen LogP contribution < -0.4 is 9.46 Å². The molecule has 0 spiro atoms. The van der Waals surface area contributed by atoms with Gasteiger partial charge in [0.25, 0.3) is 0 Å². The van der Waals surface area contributed by atoms with E-state index >= 15 is 0 Å². The van der Waals surface area contributed by atoms with E-state index in [1.807, 2.05) is 0 Å². The Bertz CT molecular complexity index is 1080. The minimum Gasteiger partial charge on any atom is -0.404 e. The molecule has 11 heteroatoms. The molecule has 148 valence electrons. The van der Waals surface area contributed by atoms with Crippen molar-refractivity contribution < 1.29 is 26.3 Å². The number of alkyl halides is 3. The lowest BCUT2D eigenvalue weighted by Gasteiger charge is -2.14. The van der Waals surface area contributed by atoms with Crippen LogP contribution in [0.5, 0.6) is 5.75 Å². The molecule has 0 atom stereocenters. The summed E-state index contributed by atoms with van der Waals surface area (Å²) in [6, 6.07) is 8.02. The van der Waals surface area contributed by atoms with Gasteiger partial charge in [-0.25, -0.2) is 13.1 Å². The van der Waals surface area contributed by atoms with Crippen molar-refractivity contribution in [3.63, 3.8) is 0 Å². The summed E-state index contributed by atoms with van der Waals surface area (Å²) in [6.07, 6.45) is -0.336. The Morgan fingerprint density at radius 1 is 1.18 bits per heavy atom. The molecule has 0 aliphatic carbocycles. The fraction of sp³-hybridized carbons (Fsp3) is 0.176. The topological polar surface area (TPSA) is 86.1 Å². The highest BCUT2D eigenvalue weighted by atomic mass is 32.2. The number of nitrogens with one attached hydrogen (secondary N) is 1. The van der Waals surface area contributed by atoms with Gasteiger partial charge in [-0.15, -0.1) is 13.2 Å². The van der Waals surface area contributed by atoms with Crippen LogP contribution in [-0.2, 0) is 23.6 Å². The molecule has 0 amide bonds. The lowest BCUT2D eigenvalue weighted by atomic mass is 10.1. The van der Waals surface area contributed by atoms with Crippen molar-refractivity contribution in [2.45, 2.75) is 17.8 Å². The molecule has 2 heterocycles. The molecule has 0 aliphatic rings. The van der Waals surface area contributed by atoms with Crippen molar-refractivity contribution in [3.05, 3.63) is 60.6 Å². The number of aromatic nitrogens is 3. The Morgan fingerprint density at radius 3 is 2.61 bits per heavy atom. The zero-order chi connectivity index (χ0) is 20.4. The summed E-state index contributed by atoms with van der Waals surface area (Å²) in [5.41, 5.74) is 2.02. The molecule has 1 aromatic carbocycles. The third kappa shape index (κ3) is 4.67. The molecule has 7 nitrogen and oxygen atoms in total. The lowest BCUT2D eigenvalue weighted by Crippen LogP contribution is -2.25. The van der Waals surface area contributed by atoms with Crippen molar-refractivity contribution in [1.82, 2.24) is 19.5 Å². The smallest absolute Gasteiger partial charge is 0.404 e. The molecular formula is C17H15F3N4O3S. The van der Waals surface area contributed by atoms with E-state index in [1.165, 1.54) is 18.3 Å². The largest absolute Gasteiger partial charge is 0.573 e. The Kier molecular flexibility index (Phi) is 5.38. The number of benzene rings is 1. The molecule has 0 unspecified atom stereocenters. The van der Waals surface area contributed by atoms with Gasteiger partial charge in [-0.3, -0.25) is 9.67 Å². The van der Waals surface area contributed by atoms with E-state index in [1.54, 1.807) is 36.3 Å². The monoisotopic (exact) mass is 412 g/mol. The minimum absolute atomic E-state index is 0.165. The fourth-order valence-corrected chi connectivity index (χ4v) is 3.66. The molecule has 2 aromatic heterocycles. The zero-order valence-corrected chi connectivity index (χ0v) is 15.3. The summed E-state index contributed by atoms with van der Waals surface area (Å²) in [5.74, 6) is -0.802. The van der Waals surface area contributed by atoms with Gasteiger partial charge in [-0.2, -0.15) is 5.10 Å². The number of nitrogens with zero attached hydrogens (tertiary/aromatic N) is 3. The maximum absolute atomic E-state index is 12.5. The average molecular weight is 412 g/mol. The number of aryl methyl sites for hydroxylation is 1. The van der Waals surface area contributed by atoms with Gasteiger partial charge in [-0.05, 0) is 29.8 Å². The fourth-order valence-electron chi connectivity index (χ4n) is 2.52. The molecular weight excluding hydrogens is 397 g/mol. The zero-order valence-electron chi connectivity index (χ0n) is 14.5. The van der Waals surface area contributed by atoms with Gasteiger partial charge in [0, 0.05) is 37.7 Å². The van der Waals surface area contributed by atoms with E-state index in [2.05, 4.69) is 19.5 Å². The predicted molar refractivity (Wildman–Crippen MR) is 93.6 cm³/mol. The van der Waals surface area contributed by atoms with Crippen LogP contribution in [0.4, 0.5) is 13.2 Å². The van der Waals surface area contributed by atoms with Crippen LogP contribution >= 0.6 is 0 Å². The van der Waals surface area contributed by atoms with Crippen LogP contribution in [0.15, 0.2) is 59.9 Å². The van der Waals surface area contributed by atoms with Crippen LogP contribution in [0, 0.1) is 0 Å². The van der Waals surface area contributed by atoms with E-state index in [-0.39, 0.29) is 6.54 Å². The Morgan fingerprint density at radius 2 is 1.93 bits per heavy atom. The van der Waals surface area contributed by atoms with Gasteiger partial charge in [0.15, 0.2) is 0 Å². The highest BCUT2D eigenvalue weighted by Gasteiger charge is 2.33. The quantitative estimate of drug-likeness (QED) is 0.673. The average Bonchev–Trinajstić information content (AvgIpc) is 3.05. The van der Waals surface area contributed by atoms with Crippen LogP contribution in [-0.4, -0.2) is 29.5 Å². The van der Waals surface area contributed by atoms with E-state index < -0.39 is 27.0 Å². The summed E-state index contributed by atoms with van der Waals surface area (Å²) in [7, 11) is -2.50.